The van der Waals surface area contributed by atoms with Crippen LogP contribution in [0, 0.1) is 0 Å². The van der Waals surface area contributed by atoms with Crippen LogP contribution in [-0.4, -0.2) is 44.3 Å². The van der Waals surface area contributed by atoms with Crippen molar-refractivity contribution < 1.29 is 14.7 Å². The summed E-state index contributed by atoms with van der Waals surface area (Å²) in [7, 11) is 1.82. The number of aryl methyl sites for hydroxylation is 3. The van der Waals surface area contributed by atoms with Crippen LogP contribution in [0.2, 0.25) is 0 Å². The number of nitrogens with zero attached hydrogens (tertiary/aromatic N) is 3. The molecule has 0 saturated carbocycles. The van der Waals surface area contributed by atoms with E-state index in [2.05, 4.69) is 27.9 Å². The first-order valence-electron chi connectivity index (χ1n) is 12.2. The molecule has 2 aromatic heterocycles. The van der Waals surface area contributed by atoms with Crippen molar-refractivity contribution in [2.24, 2.45) is 7.05 Å². The van der Waals surface area contributed by atoms with Gasteiger partial charge in [0.15, 0.2) is 0 Å². The Bertz CT molecular complexity index is 1160. The van der Waals surface area contributed by atoms with Gasteiger partial charge in [-0.2, -0.15) is 5.10 Å². The van der Waals surface area contributed by atoms with Crippen molar-refractivity contribution >= 4 is 28.6 Å². The first kappa shape index (κ1) is 23.7. The predicted molar refractivity (Wildman–Crippen MR) is 132 cm³/mol. The third kappa shape index (κ3) is 6.12. The number of carboxylic acid groups (broad SMARTS) is 1. The number of hydrogen-bond donors (Lipinski definition) is 3. The summed E-state index contributed by atoms with van der Waals surface area (Å²) in [4.78, 5) is 29.0. The molecule has 3 heterocycles. The van der Waals surface area contributed by atoms with E-state index >= 15 is 0 Å². The van der Waals surface area contributed by atoms with Gasteiger partial charge in [-0.15, -0.1) is 0 Å². The molecular weight excluding hydrogens is 430 g/mol. The Morgan fingerprint density at radius 1 is 1.15 bits per heavy atom. The van der Waals surface area contributed by atoms with E-state index in [1.54, 1.807) is 22.9 Å². The zero-order valence-electron chi connectivity index (χ0n) is 19.7. The lowest BCUT2D eigenvalue weighted by atomic mass is 10.0. The number of carbonyl (C=O) groups excluding carboxylic acids is 1. The van der Waals surface area contributed by atoms with E-state index in [-0.39, 0.29) is 5.91 Å². The van der Waals surface area contributed by atoms with Gasteiger partial charge in [-0.1, -0.05) is 31.7 Å². The van der Waals surface area contributed by atoms with Crippen molar-refractivity contribution in [3.63, 3.8) is 0 Å². The van der Waals surface area contributed by atoms with Crippen LogP contribution >= 0.6 is 0 Å². The van der Waals surface area contributed by atoms with Crippen molar-refractivity contribution in [1.82, 2.24) is 20.1 Å². The highest BCUT2D eigenvalue weighted by molar-refractivity contribution is 5.99. The van der Waals surface area contributed by atoms with E-state index in [1.807, 2.05) is 13.2 Å². The number of benzene rings is 1. The summed E-state index contributed by atoms with van der Waals surface area (Å²) in [6.07, 6.45) is 10.4. The molecule has 1 aliphatic heterocycles. The number of carboxylic acids is 1. The lowest BCUT2D eigenvalue weighted by molar-refractivity contribution is -0.139. The van der Waals surface area contributed by atoms with Gasteiger partial charge in [-0.25, -0.2) is 9.78 Å². The molecule has 1 aromatic carbocycles. The zero-order valence-corrected chi connectivity index (χ0v) is 19.7. The normalized spacial score (nSPS) is 13.8. The summed E-state index contributed by atoms with van der Waals surface area (Å²) in [6, 6.07) is 8.64. The molecule has 0 spiro atoms. The standard InChI is InChI=1S/C26H33N5O3/c1-31-17-20-16-19(12-14-22(20)30-31)25(32)29-23(26(33)34)10-6-4-2-3-5-9-21-13-11-18-8-7-15-27-24(18)28-21/h11-14,16-17,23H,2-10,15H2,1H3,(H,27,28)(H,29,32)(H,33,34)/t23-/m1/s1. The third-order valence-electron chi connectivity index (χ3n) is 6.36. The Balaban J connectivity index is 1.16. The minimum atomic E-state index is -0.997. The van der Waals surface area contributed by atoms with E-state index < -0.39 is 12.0 Å². The lowest BCUT2D eigenvalue weighted by Crippen LogP contribution is -2.40. The molecule has 8 nitrogen and oxygen atoms in total. The van der Waals surface area contributed by atoms with Crippen LogP contribution < -0.4 is 10.6 Å². The Hall–Kier alpha value is -3.42. The highest BCUT2D eigenvalue weighted by Gasteiger charge is 2.20. The average Bonchev–Trinajstić information content (AvgIpc) is 3.21. The molecular formula is C26H33N5O3. The number of unbranched alkanes of at least 4 members (excludes halogenated alkanes) is 4. The molecule has 3 aromatic rings. The van der Waals surface area contributed by atoms with Crippen molar-refractivity contribution in [2.45, 2.75) is 63.8 Å². The maximum atomic E-state index is 12.6. The molecule has 1 aliphatic rings. The van der Waals surface area contributed by atoms with E-state index in [0.717, 1.165) is 73.9 Å². The number of nitrogens with one attached hydrogen (secondary N) is 2. The second-order valence-corrected chi connectivity index (χ2v) is 9.09. The SMILES string of the molecule is Cn1cc2cc(C(=O)N[C@H](CCCCCCCc3ccc4c(n3)NCCC4)C(=O)O)ccc2n1. The van der Waals surface area contributed by atoms with Crippen molar-refractivity contribution in [3.05, 3.63) is 53.3 Å². The summed E-state index contributed by atoms with van der Waals surface area (Å²) in [6.45, 7) is 1.00. The number of aliphatic carboxylic acids is 1. The number of aromatic nitrogens is 3. The number of pyridine rings is 1. The molecule has 0 unspecified atom stereocenters. The predicted octanol–water partition coefficient (Wildman–Crippen LogP) is 4.09. The van der Waals surface area contributed by atoms with Crippen molar-refractivity contribution in [3.8, 4) is 0 Å². The highest BCUT2D eigenvalue weighted by atomic mass is 16.4. The molecule has 0 bridgehead atoms. The molecule has 3 N–H and O–H groups in total. The molecule has 8 heteroatoms. The van der Waals surface area contributed by atoms with Gasteiger partial charge in [0.25, 0.3) is 5.91 Å². The maximum Gasteiger partial charge on any atom is 0.326 e. The van der Waals surface area contributed by atoms with Gasteiger partial charge in [-0.05, 0) is 61.9 Å². The Morgan fingerprint density at radius 2 is 1.97 bits per heavy atom. The first-order valence-corrected chi connectivity index (χ1v) is 12.2. The van der Waals surface area contributed by atoms with E-state index in [4.69, 9.17) is 4.98 Å². The van der Waals surface area contributed by atoms with Crippen LogP contribution in [0.3, 0.4) is 0 Å². The number of carbonyl (C=O) groups is 2. The van der Waals surface area contributed by atoms with Gasteiger partial charge < -0.3 is 15.7 Å². The van der Waals surface area contributed by atoms with Gasteiger partial charge in [0.1, 0.15) is 11.9 Å². The quantitative estimate of drug-likeness (QED) is 0.370. The second-order valence-electron chi connectivity index (χ2n) is 9.09. The fourth-order valence-corrected chi connectivity index (χ4v) is 4.48. The lowest BCUT2D eigenvalue weighted by Gasteiger charge is -2.17. The Labute approximate surface area is 199 Å². The number of amides is 1. The minimum Gasteiger partial charge on any atom is -0.480 e. The molecule has 1 amide bonds. The van der Waals surface area contributed by atoms with Crippen LogP contribution in [0.5, 0.6) is 0 Å². The fraction of sp³-hybridized carbons (Fsp3) is 0.462. The molecule has 0 fully saturated rings. The zero-order chi connectivity index (χ0) is 23.9. The number of fused-ring (bicyclic) bond motifs is 2. The molecule has 0 saturated heterocycles. The molecule has 0 radical (unpaired) electrons. The van der Waals surface area contributed by atoms with Crippen LogP contribution in [0.1, 0.15) is 66.6 Å². The van der Waals surface area contributed by atoms with Crippen LogP contribution in [-0.2, 0) is 24.7 Å². The van der Waals surface area contributed by atoms with Crippen molar-refractivity contribution in [1.29, 1.82) is 0 Å². The Morgan fingerprint density at radius 3 is 2.82 bits per heavy atom. The second kappa shape index (κ2) is 11.1. The third-order valence-corrected chi connectivity index (χ3v) is 6.36. The summed E-state index contributed by atoms with van der Waals surface area (Å²) in [5, 5.41) is 20.8. The summed E-state index contributed by atoms with van der Waals surface area (Å²) in [5.41, 5.74) is 3.68. The summed E-state index contributed by atoms with van der Waals surface area (Å²) in [5.74, 6) is -0.320. The molecule has 4 rings (SSSR count). The number of anilines is 1. The summed E-state index contributed by atoms with van der Waals surface area (Å²) >= 11 is 0. The maximum absolute atomic E-state index is 12.6. The van der Waals surface area contributed by atoms with Gasteiger partial charge in [0.2, 0.25) is 0 Å². The first-order chi connectivity index (χ1) is 16.5. The largest absolute Gasteiger partial charge is 0.480 e. The van der Waals surface area contributed by atoms with Gasteiger partial charge in [-0.3, -0.25) is 9.48 Å². The monoisotopic (exact) mass is 463 g/mol. The van der Waals surface area contributed by atoms with E-state index in [9.17, 15) is 14.7 Å². The van der Waals surface area contributed by atoms with Gasteiger partial charge in [0.05, 0.1) is 5.52 Å². The average molecular weight is 464 g/mol. The van der Waals surface area contributed by atoms with E-state index in [0.29, 0.717) is 12.0 Å². The molecule has 1 atom stereocenters. The number of hydrogen-bond acceptors (Lipinski definition) is 5. The smallest absolute Gasteiger partial charge is 0.326 e. The molecule has 34 heavy (non-hydrogen) atoms. The fourth-order valence-electron chi connectivity index (χ4n) is 4.48. The molecule has 0 aliphatic carbocycles. The van der Waals surface area contributed by atoms with Crippen molar-refractivity contribution in [2.75, 3.05) is 11.9 Å². The van der Waals surface area contributed by atoms with Crippen LogP contribution in [0.15, 0.2) is 36.5 Å². The highest BCUT2D eigenvalue weighted by Crippen LogP contribution is 2.21. The van der Waals surface area contributed by atoms with Gasteiger partial charge >= 0.3 is 5.97 Å². The van der Waals surface area contributed by atoms with Crippen LogP contribution in [0.25, 0.3) is 10.9 Å². The van der Waals surface area contributed by atoms with E-state index in [1.165, 1.54) is 12.0 Å². The summed E-state index contributed by atoms with van der Waals surface area (Å²) < 4.78 is 1.69. The molecule has 180 valence electrons. The number of rotatable bonds is 11. The van der Waals surface area contributed by atoms with Gasteiger partial charge in [0, 0.05) is 36.4 Å². The van der Waals surface area contributed by atoms with Crippen LogP contribution in [0.4, 0.5) is 5.82 Å². The minimum absolute atomic E-state index is 0.370. The topological polar surface area (TPSA) is 109 Å². The Kier molecular flexibility index (Phi) is 7.77.